The first-order valence-corrected chi connectivity index (χ1v) is 15.1. The zero-order valence-corrected chi connectivity index (χ0v) is 27.3. The first kappa shape index (κ1) is 36.7. The van der Waals surface area contributed by atoms with Crippen molar-refractivity contribution in [3.05, 3.63) is 88.6 Å². The number of nitrogens with one attached hydrogen (secondary N) is 2. The van der Waals surface area contributed by atoms with E-state index in [9.17, 15) is 29.1 Å². The van der Waals surface area contributed by atoms with E-state index >= 15 is 0 Å². The number of amides is 3. The number of aliphatic hydroxyl groups excluding tert-OH is 1. The minimum Gasteiger partial charge on any atom is -0.439 e. The average molecular weight is 651 g/mol. The van der Waals surface area contributed by atoms with E-state index in [-0.39, 0.29) is 46.9 Å². The van der Waals surface area contributed by atoms with Crippen LogP contribution in [0.5, 0.6) is 0 Å². The summed E-state index contributed by atoms with van der Waals surface area (Å²) in [6.45, 7) is 6.80. The highest BCUT2D eigenvalue weighted by Crippen LogP contribution is 2.29. The number of rotatable bonds is 5. The van der Waals surface area contributed by atoms with E-state index in [1.165, 1.54) is 57.8 Å². The van der Waals surface area contributed by atoms with Crippen LogP contribution in [0.3, 0.4) is 0 Å². The van der Waals surface area contributed by atoms with Gasteiger partial charge in [0.15, 0.2) is 6.10 Å². The van der Waals surface area contributed by atoms with Crippen molar-refractivity contribution < 1.29 is 43.3 Å². The second-order valence-electron chi connectivity index (χ2n) is 11.6. The van der Waals surface area contributed by atoms with E-state index in [4.69, 9.17) is 19.9 Å². The number of ether oxygens (including phenoxy) is 3. The molecule has 47 heavy (non-hydrogen) atoms. The van der Waals surface area contributed by atoms with Gasteiger partial charge in [0.05, 0.1) is 23.6 Å². The quantitative estimate of drug-likeness (QED) is 0.272. The highest BCUT2D eigenvalue weighted by atomic mass is 16.6. The van der Waals surface area contributed by atoms with Gasteiger partial charge in [-0.15, -0.1) is 0 Å². The molecule has 2 heterocycles. The van der Waals surface area contributed by atoms with Crippen LogP contribution in [-0.2, 0) is 28.6 Å². The molecule has 6 unspecified atom stereocenters. The summed E-state index contributed by atoms with van der Waals surface area (Å²) in [5.41, 5.74) is 5.87. The lowest BCUT2D eigenvalue weighted by atomic mass is 9.85. The minimum absolute atomic E-state index is 0.00432. The van der Waals surface area contributed by atoms with Gasteiger partial charge in [-0.2, -0.15) is 0 Å². The number of primary amides is 1. The third kappa shape index (κ3) is 9.64. The third-order valence-electron chi connectivity index (χ3n) is 7.97. The van der Waals surface area contributed by atoms with E-state index in [1.807, 2.05) is 6.92 Å². The van der Waals surface area contributed by atoms with E-state index in [2.05, 4.69) is 15.6 Å². The second kappa shape index (κ2) is 16.7. The van der Waals surface area contributed by atoms with Gasteiger partial charge in [-0.1, -0.05) is 38.2 Å². The Labute approximate surface area is 273 Å². The predicted molar refractivity (Wildman–Crippen MR) is 171 cm³/mol. The molecule has 3 rings (SSSR count). The van der Waals surface area contributed by atoms with Crippen molar-refractivity contribution in [3.63, 3.8) is 0 Å². The van der Waals surface area contributed by atoms with Gasteiger partial charge in [-0.05, 0) is 50.3 Å². The Bertz CT molecular complexity index is 1530. The summed E-state index contributed by atoms with van der Waals surface area (Å²) in [6, 6.07) is 2.93. The molecule has 0 saturated carbocycles. The number of ketones is 2. The van der Waals surface area contributed by atoms with Crippen molar-refractivity contribution in [3.8, 4) is 0 Å². The number of carbonyl (C=O) groups excluding carboxylic acids is 5. The summed E-state index contributed by atoms with van der Waals surface area (Å²) in [7, 11) is 2.86. The Morgan fingerprint density at radius 3 is 2.38 bits per heavy atom. The van der Waals surface area contributed by atoms with Crippen LogP contribution >= 0.6 is 0 Å². The number of aliphatic hydroxyl groups is 1. The number of pyridine rings is 1. The molecule has 6 atom stereocenters. The highest BCUT2D eigenvalue weighted by molar-refractivity contribution is 6.24. The number of hydrogen-bond acceptors (Lipinski definition) is 10. The molecule has 252 valence electrons. The fourth-order valence-electron chi connectivity index (χ4n) is 5.41. The summed E-state index contributed by atoms with van der Waals surface area (Å²) in [6.07, 6.45) is 5.82. The maximum Gasteiger partial charge on any atom is 0.405 e. The number of carbonyl (C=O) groups is 5. The van der Waals surface area contributed by atoms with Gasteiger partial charge in [-0.3, -0.25) is 24.2 Å². The molecule has 2 bridgehead atoms. The molecule has 0 aromatic carbocycles. The Kier molecular flexibility index (Phi) is 13.1. The van der Waals surface area contributed by atoms with Gasteiger partial charge in [0, 0.05) is 55.3 Å². The number of nitrogens with zero attached hydrogens (tertiary/aromatic N) is 1. The zero-order chi connectivity index (χ0) is 34.8. The van der Waals surface area contributed by atoms with E-state index in [1.54, 1.807) is 26.0 Å². The van der Waals surface area contributed by atoms with Crippen LogP contribution in [0.1, 0.15) is 50.9 Å². The van der Waals surface area contributed by atoms with E-state index < -0.39 is 59.8 Å². The van der Waals surface area contributed by atoms with Crippen LogP contribution in [0.25, 0.3) is 0 Å². The molecule has 5 N–H and O–H groups in total. The van der Waals surface area contributed by atoms with Crippen molar-refractivity contribution in [2.75, 3.05) is 14.2 Å². The SMILES string of the molecule is COC1/C=C\C=C(/C)C(=O)NC2=CC(=O)C(NC(=O)c3ccncc3)=C(CC(C)CC(OC)C(O)C(C)/C=C(\C)C1OC(N)=O)C2=O. The number of aromatic nitrogens is 1. The van der Waals surface area contributed by atoms with Crippen LogP contribution < -0.4 is 16.4 Å². The third-order valence-corrected chi connectivity index (χ3v) is 7.97. The van der Waals surface area contributed by atoms with Crippen LogP contribution in [0, 0.1) is 11.8 Å². The summed E-state index contributed by atoms with van der Waals surface area (Å²) in [5.74, 6) is -3.41. The number of fused-ring (bicyclic) bond motifs is 2. The number of Topliss-reactive ketones (excluding diaryl/α,β-unsaturated/α-hetero) is 1. The Morgan fingerprint density at radius 1 is 1.09 bits per heavy atom. The number of allylic oxidation sites excluding steroid dienone is 4. The van der Waals surface area contributed by atoms with Gasteiger partial charge in [0.2, 0.25) is 11.6 Å². The predicted octanol–water partition coefficient (Wildman–Crippen LogP) is 2.59. The normalized spacial score (nSPS) is 29.4. The van der Waals surface area contributed by atoms with Gasteiger partial charge in [0.1, 0.15) is 6.10 Å². The Morgan fingerprint density at radius 2 is 1.77 bits per heavy atom. The van der Waals surface area contributed by atoms with Crippen LogP contribution in [0.4, 0.5) is 4.79 Å². The van der Waals surface area contributed by atoms with Crippen molar-refractivity contribution in [1.82, 2.24) is 15.6 Å². The molecule has 0 radical (unpaired) electrons. The average Bonchev–Trinajstić information content (AvgIpc) is 3.04. The highest BCUT2D eigenvalue weighted by Gasteiger charge is 2.34. The largest absolute Gasteiger partial charge is 0.439 e. The number of methoxy groups -OCH3 is 2. The summed E-state index contributed by atoms with van der Waals surface area (Å²) < 4.78 is 16.6. The monoisotopic (exact) mass is 650 g/mol. The molecule has 1 aromatic rings. The summed E-state index contributed by atoms with van der Waals surface area (Å²) in [4.78, 5) is 69.0. The first-order chi connectivity index (χ1) is 22.3. The summed E-state index contributed by atoms with van der Waals surface area (Å²) >= 11 is 0. The lowest BCUT2D eigenvalue weighted by molar-refractivity contribution is -0.120. The molecule has 2 aliphatic rings. The zero-order valence-electron chi connectivity index (χ0n) is 27.3. The van der Waals surface area contributed by atoms with Crippen LogP contribution in [0.2, 0.25) is 0 Å². The van der Waals surface area contributed by atoms with Gasteiger partial charge < -0.3 is 35.7 Å². The van der Waals surface area contributed by atoms with E-state index in [0.717, 1.165) is 6.08 Å². The van der Waals surface area contributed by atoms with Gasteiger partial charge >= 0.3 is 6.09 Å². The van der Waals surface area contributed by atoms with Gasteiger partial charge in [0.25, 0.3) is 11.8 Å². The maximum absolute atomic E-state index is 13.8. The molecule has 0 spiro atoms. The maximum atomic E-state index is 13.8. The van der Waals surface area contributed by atoms with Crippen LogP contribution in [0.15, 0.2) is 83.0 Å². The molecule has 13 nitrogen and oxygen atoms in total. The molecule has 0 saturated heterocycles. The molecule has 3 amide bonds. The Balaban J connectivity index is 2.09. The van der Waals surface area contributed by atoms with Crippen molar-refractivity contribution in [1.29, 1.82) is 0 Å². The molecule has 13 heteroatoms. The topological polar surface area (TPSA) is 196 Å². The lowest BCUT2D eigenvalue weighted by Gasteiger charge is -2.30. The lowest BCUT2D eigenvalue weighted by Crippen LogP contribution is -2.38. The fraction of sp³-hybridized carbons (Fsp3) is 0.412. The minimum atomic E-state index is -1.03. The molecular weight excluding hydrogens is 608 g/mol. The number of hydrogen-bond donors (Lipinski definition) is 4. The van der Waals surface area contributed by atoms with Crippen LogP contribution in [-0.4, -0.2) is 78.2 Å². The second-order valence-corrected chi connectivity index (χ2v) is 11.6. The van der Waals surface area contributed by atoms with Crippen molar-refractivity contribution in [2.24, 2.45) is 17.6 Å². The molecule has 0 fully saturated rings. The molecule has 1 aromatic heterocycles. The Hall–Kier alpha value is -4.72. The van der Waals surface area contributed by atoms with Gasteiger partial charge in [-0.25, -0.2) is 4.79 Å². The standard InChI is InChI=1S/C34H42N4O9/c1-18-14-23-28(38-33(43)22-10-12-36-13-11-22)25(39)17-24(30(23)41)37-32(42)19(2)8-7-9-26(45-5)31(47-34(35)44)21(4)16-20(3)29(40)27(15-18)46-6/h7-13,16-18,20,26-27,29,31,40H,14-15H2,1-6H3,(H2,35,44)(H,37,42)(H,38,43)/b9-7-,19-8+,21-16+. The first-order valence-electron chi connectivity index (χ1n) is 15.1. The fourth-order valence-corrected chi connectivity index (χ4v) is 5.41. The molecule has 1 aliphatic heterocycles. The number of nitrogens with two attached hydrogens (primary N) is 1. The molecule has 1 aliphatic carbocycles. The van der Waals surface area contributed by atoms with Crippen molar-refractivity contribution >= 4 is 29.5 Å². The molecular formula is C34H42N4O9. The summed E-state index contributed by atoms with van der Waals surface area (Å²) in [5, 5.41) is 16.4. The van der Waals surface area contributed by atoms with E-state index in [0.29, 0.717) is 5.57 Å². The van der Waals surface area contributed by atoms with Crippen molar-refractivity contribution in [2.45, 2.75) is 65.0 Å². The smallest absolute Gasteiger partial charge is 0.405 e.